The van der Waals surface area contributed by atoms with E-state index in [1.54, 1.807) is 14.0 Å². The Labute approximate surface area is 252 Å². The van der Waals surface area contributed by atoms with E-state index in [9.17, 15) is 4.79 Å². The monoisotopic (exact) mass is 600 g/mol. The summed E-state index contributed by atoms with van der Waals surface area (Å²) in [6, 6.07) is 20.0. The topological polar surface area (TPSA) is 81.7 Å². The Morgan fingerprint density at radius 3 is 2.00 bits per heavy atom. The third-order valence-electron chi connectivity index (χ3n) is 8.53. The van der Waals surface area contributed by atoms with Crippen LogP contribution >= 0.6 is 0 Å². The lowest BCUT2D eigenvalue weighted by Gasteiger charge is -2.52. The van der Waals surface area contributed by atoms with Crippen LogP contribution in [0.1, 0.15) is 51.7 Å². The minimum absolute atomic E-state index is 0.0154. The number of ether oxygens (including phenoxy) is 6. The van der Waals surface area contributed by atoms with Gasteiger partial charge in [-0.15, -0.1) is 0 Å². The van der Waals surface area contributed by atoms with Crippen molar-refractivity contribution in [1.29, 1.82) is 0 Å². The molecule has 0 unspecified atom stereocenters. The minimum atomic E-state index is -2.20. The van der Waals surface area contributed by atoms with Crippen molar-refractivity contribution in [1.82, 2.24) is 0 Å². The number of fused-ring (bicyclic) bond motifs is 1. The predicted molar refractivity (Wildman–Crippen MR) is 162 cm³/mol. The molecule has 0 saturated carbocycles. The van der Waals surface area contributed by atoms with E-state index in [1.807, 2.05) is 60.7 Å². The van der Waals surface area contributed by atoms with Crippen molar-refractivity contribution >= 4 is 14.3 Å². The molecule has 0 N–H and O–H groups in total. The van der Waals surface area contributed by atoms with E-state index in [0.717, 1.165) is 11.1 Å². The van der Waals surface area contributed by atoms with Crippen LogP contribution in [0.4, 0.5) is 0 Å². The van der Waals surface area contributed by atoms with E-state index in [0.29, 0.717) is 26.2 Å². The van der Waals surface area contributed by atoms with E-state index in [4.69, 9.17) is 32.8 Å². The van der Waals surface area contributed by atoms with Gasteiger partial charge in [-0.3, -0.25) is 4.79 Å². The summed E-state index contributed by atoms with van der Waals surface area (Å²) < 4.78 is 44.4. The molecule has 2 aliphatic rings. The molecular formula is C33H48O8Si. The summed E-state index contributed by atoms with van der Waals surface area (Å²) in [5, 5.41) is -0.0154. The Morgan fingerprint density at radius 1 is 0.905 bits per heavy atom. The van der Waals surface area contributed by atoms with Crippen molar-refractivity contribution < 1.29 is 37.6 Å². The summed E-state index contributed by atoms with van der Waals surface area (Å²) in [6.45, 7) is 13.9. The highest BCUT2D eigenvalue weighted by molar-refractivity contribution is 6.74. The van der Waals surface area contributed by atoms with E-state index in [-0.39, 0.29) is 29.6 Å². The number of esters is 1. The summed E-state index contributed by atoms with van der Waals surface area (Å²) in [5.41, 5.74) is 2.07. The van der Waals surface area contributed by atoms with Gasteiger partial charge in [-0.1, -0.05) is 81.4 Å². The van der Waals surface area contributed by atoms with Crippen LogP contribution in [0.5, 0.6) is 0 Å². The first kappa shape index (κ1) is 32.8. The fourth-order valence-electron chi connectivity index (χ4n) is 5.23. The maximum absolute atomic E-state index is 12.7. The molecule has 42 heavy (non-hydrogen) atoms. The molecule has 0 radical (unpaired) electrons. The van der Waals surface area contributed by atoms with E-state index >= 15 is 0 Å². The smallest absolute Gasteiger partial charge is 0.308 e. The van der Waals surface area contributed by atoms with Crippen molar-refractivity contribution in [3.8, 4) is 0 Å². The van der Waals surface area contributed by atoms with Crippen LogP contribution in [0.15, 0.2) is 60.7 Å². The Bertz CT molecular complexity index is 1110. The largest absolute Gasteiger partial charge is 0.466 e. The van der Waals surface area contributed by atoms with Crippen LogP contribution in [0.3, 0.4) is 0 Å². The van der Waals surface area contributed by atoms with Gasteiger partial charge in [0.1, 0.15) is 18.3 Å². The maximum atomic E-state index is 12.7. The van der Waals surface area contributed by atoms with Crippen molar-refractivity contribution in [3.05, 3.63) is 71.8 Å². The number of rotatable bonds is 12. The fourth-order valence-corrected chi connectivity index (χ4v) is 6.59. The molecular weight excluding hydrogens is 552 g/mol. The maximum Gasteiger partial charge on any atom is 0.308 e. The minimum Gasteiger partial charge on any atom is -0.466 e. The number of benzene rings is 2. The number of hydrogen-bond donors (Lipinski definition) is 0. The first-order valence-corrected chi connectivity index (χ1v) is 17.9. The average Bonchev–Trinajstić information content (AvgIpc) is 2.95. The first-order chi connectivity index (χ1) is 20.0. The highest BCUT2D eigenvalue weighted by atomic mass is 28.4. The standard InChI is InChI=1S/C33H48O8Si/c1-8-36-28(34)20-25-26(41-42(6,7)33(2,3)4)19-27-29(39-25)30(37-21-23-15-11-9-12-16-23)31(32(35-5)40-27)38-22-24-17-13-10-14-18-24/h9-18,25-27,29-32H,8,19-22H2,1-7H3/t25-,26+,27-,29-,30+,31-,32+/m1/s1. The molecule has 232 valence electrons. The lowest BCUT2D eigenvalue weighted by atomic mass is 9.89. The molecule has 2 heterocycles. The number of methoxy groups -OCH3 is 1. The molecule has 4 rings (SSSR count). The van der Waals surface area contributed by atoms with Crippen LogP contribution in [-0.2, 0) is 50.9 Å². The highest BCUT2D eigenvalue weighted by Gasteiger charge is 2.54. The van der Waals surface area contributed by atoms with Gasteiger partial charge in [0.25, 0.3) is 0 Å². The zero-order chi connectivity index (χ0) is 30.3. The summed E-state index contributed by atoms with van der Waals surface area (Å²) >= 11 is 0. The molecule has 2 saturated heterocycles. The molecule has 2 aromatic carbocycles. The van der Waals surface area contributed by atoms with Gasteiger partial charge in [0.2, 0.25) is 0 Å². The molecule has 7 atom stereocenters. The molecule has 2 fully saturated rings. The Balaban J connectivity index is 1.62. The van der Waals surface area contributed by atoms with Crippen LogP contribution in [0.2, 0.25) is 18.1 Å². The molecule has 2 aliphatic heterocycles. The van der Waals surface area contributed by atoms with Crippen LogP contribution < -0.4 is 0 Å². The van der Waals surface area contributed by atoms with Gasteiger partial charge in [-0.2, -0.15) is 0 Å². The highest BCUT2D eigenvalue weighted by Crippen LogP contribution is 2.42. The number of hydrogen-bond acceptors (Lipinski definition) is 8. The zero-order valence-electron chi connectivity index (χ0n) is 26.1. The summed E-state index contributed by atoms with van der Waals surface area (Å²) in [7, 11) is -0.580. The summed E-state index contributed by atoms with van der Waals surface area (Å²) in [5.74, 6) is -0.310. The van der Waals surface area contributed by atoms with Gasteiger partial charge < -0.3 is 32.8 Å². The van der Waals surface area contributed by atoms with Gasteiger partial charge in [0, 0.05) is 13.5 Å². The summed E-state index contributed by atoms with van der Waals surface area (Å²) in [4.78, 5) is 12.7. The quantitative estimate of drug-likeness (QED) is 0.216. The van der Waals surface area contributed by atoms with Gasteiger partial charge >= 0.3 is 5.97 Å². The molecule has 0 aliphatic carbocycles. The van der Waals surface area contributed by atoms with Crippen LogP contribution in [-0.4, -0.2) is 70.9 Å². The molecule has 8 nitrogen and oxygen atoms in total. The second kappa shape index (κ2) is 14.6. The van der Waals surface area contributed by atoms with Crippen molar-refractivity contribution in [2.45, 2.75) is 115 Å². The van der Waals surface area contributed by atoms with Gasteiger partial charge in [0.05, 0.1) is 44.6 Å². The van der Waals surface area contributed by atoms with Crippen LogP contribution in [0, 0.1) is 0 Å². The molecule has 0 amide bonds. The third kappa shape index (κ3) is 8.28. The Kier molecular flexibility index (Phi) is 11.4. The Hall–Kier alpha value is -2.11. The van der Waals surface area contributed by atoms with Crippen molar-refractivity contribution in [3.63, 3.8) is 0 Å². The second-order valence-corrected chi connectivity index (χ2v) is 17.4. The molecule has 2 aromatic rings. The van der Waals surface area contributed by atoms with Crippen molar-refractivity contribution in [2.75, 3.05) is 13.7 Å². The SMILES string of the molecule is CCOC(=O)C[C@H]1O[C@H]2[C@H](OCc3ccccc3)[C@@H](OCc3ccccc3)[C@@H](OC)O[C@@H]2C[C@@H]1O[Si](C)(C)C(C)(C)C. The van der Waals surface area contributed by atoms with E-state index < -0.39 is 39.0 Å². The molecule has 0 bridgehead atoms. The van der Waals surface area contributed by atoms with Gasteiger partial charge in [-0.25, -0.2) is 0 Å². The average molecular weight is 601 g/mol. The van der Waals surface area contributed by atoms with Crippen LogP contribution in [0.25, 0.3) is 0 Å². The number of carbonyl (C=O) groups excluding carboxylic acids is 1. The first-order valence-electron chi connectivity index (χ1n) is 15.0. The molecule has 0 spiro atoms. The van der Waals surface area contributed by atoms with E-state index in [1.165, 1.54) is 0 Å². The number of carbonyl (C=O) groups is 1. The third-order valence-corrected chi connectivity index (χ3v) is 13.0. The van der Waals surface area contributed by atoms with Crippen molar-refractivity contribution in [2.24, 2.45) is 0 Å². The van der Waals surface area contributed by atoms with E-state index in [2.05, 4.69) is 33.9 Å². The normalized spacial score (nSPS) is 28.2. The molecule has 9 heteroatoms. The van der Waals surface area contributed by atoms with Gasteiger partial charge in [-0.05, 0) is 36.2 Å². The second-order valence-electron chi connectivity index (χ2n) is 12.6. The molecule has 0 aromatic heterocycles. The Morgan fingerprint density at radius 2 is 1.48 bits per heavy atom. The lowest BCUT2D eigenvalue weighted by Crippen LogP contribution is -2.66. The summed E-state index contributed by atoms with van der Waals surface area (Å²) in [6.07, 6.45) is -2.86. The predicted octanol–water partition coefficient (Wildman–Crippen LogP) is 6.03. The fraction of sp³-hybridized carbons (Fsp3) is 0.606. The van der Waals surface area contributed by atoms with Gasteiger partial charge in [0.15, 0.2) is 14.6 Å². The zero-order valence-corrected chi connectivity index (χ0v) is 27.1. The lowest BCUT2D eigenvalue weighted by molar-refractivity contribution is -0.339.